The molecule has 0 spiro atoms. The van der Waals surface area contributed by atoms with Crippen molar-refractivity contribution < 1.29 is 0 Å². The first-order valence-corrected chi connectivity index (χ1v) is 5.44. The maximum atomic E-state index is 3.27. The van der Waals surface area contributed by atoms with Crippen LogP contribution >= 0.6 is 0 Å². The summed E-state index contributed by atoms with van der Waals surface area (Å²) in [5, 5.41) is 3.27. The van der Waals surface area contributed by atoms with Gasteiger partial charge in [0.25, 0.3) is 0 Å². The van der Waals surface area contributed by atoms with E-state index in [2.05, 4.69) is 24.4 Å². The molecule has 1 aliphatic rings. The number of hydrogen-bond acceptors (Lipinski definition) is 1. The van der Waals surface area contributed by atoms with Gasteiger partial charge < -0.3 is 5.32 Å². The molecule has 0 atom stereocenters. The van der Waals surface area contributed by atoms with E-state index < -0.39 is 0 Å². The van der Waals surface area contributed by atoms with Gasteiger partial charge in [0.1, 0.15) is 0 Å². The van der Waals surface area contributed by atoms with Gasteiger partial charge in [-0.05, 0) is 37.3 Å². The number of likely N-dealkylation sites (N-methyl/N-ethyl adjacent to an activating group) is 1. The fourth-order valence-electron chi connectivity index (χ4n) is 1.82. The molecule has 0 aromatic heterocycles. The van der Waals surface area contributed by atoms with E-state index in [1.54, 1.807) is 5.57 Å². The topological polar surface area (TPSA) is 12.0 Å². The van der Waals surface area contributed by atoms with Crippen molar-refractivity contribution in [3.05, 3.63) is 23.4 Å². The number of allylic oxidation sites excluding steroid dienone is 3. The van der Waals surface area contributed by atoms with Crippen LogP contribution in [0.2, 0.25) is 0 Å². The molecule has 0 amide bonds. The highest BCUT2D eigenvalue weighted by molar-refractivity contribution is 5.27. The summed E-state index contributed by atoms with van der Waals surface area (Å²) in [6, 6.07) is 0. The molecule has 1 heteroatoms. The van der Waals surface area contributed by atoms with Crippen LogP contribution in [0.25, 0.3) is 0 Å². The highest BCUT2D eigenvalue weighted by atomic mass is 14.8. The quantitative estimate of drug-likeness (QED) is 0.638. The minimum Gasteiger partial charge on any atom is -0.388 e. The minimum atomic E-state index is 1.23. The number of hydrogen-bond donors (Lipinski definition) is 1. The van der Waals surface area contributed by atoms with Crippen LogP contribution in [0.3, 0.4) is 0 Å². The zero-order chi connectivity index (χ0) is 9.52. The standard InChI is InChI=1S/C12H21N/c1-3-4-5-8-11-9-6-7-10-12(11)13-2/h7,10,13H,3-6,8-9H2,1-2H3. The Hall–Kier alpha value is -0.720. The largest absolute Gasteiger partial charge is 0.388 e. The summed E-state index contributed by atoms with van der Waals surface area (Å²) in [5.74, 6) is 0. The van der Waals surface area contributed by atoms with E-state index in [0.717, 1.165) is 0 Å². The van der Waals surface area contributed by atoms with Crippen LogP contribution in [0.15, 0.2) is 23.4 Å². The molecular formula is C12H21N. The van der Waals surface area contributed by atoms with Gasteiger partial charge in [-0.25, -0.2) is 0 Å². The average Bonchev–Trinajstić information content (AvgIpc) is 2.19. The third kappa shape index (κ3) is 3.25. The number of unbranched alkanes of at least 4 members (excludes halogenated alkanes) is 2. The molecular weight excluding hydrogens is 158 g/mol. The van der Waals surface area contributed by atoms with Crippen LogP contribution in [0, 0.1) is 0 Å². The molecule has 0 saturated heterocycles. The van der Waals surface area contributed by atoms with Crippen LogP contribution in [-0.4, -0.2) is 7.05 Å². The molecule has 1 rings (SSSR count). The third-order valence-corrected chi connectivity index (χ3v) is 2.63. The fourth-order valence-corrected chi connectivity index (χ4v) is 1.82. The molecule has 74 valence electrons. The normalized spacial score (nSPS) is 16.5. The molecule has 0 radical (unpaired) electrons. The Bertz CT molecular complexity index is 201. The van der Waals surface area contributed by atoms with E-state index in [9.17, 15) is 0 Å². The lowest BCUT2D eigenvalue weighted by Crippen LogP contribution is -2.09. The Kier molecular flexibility index (Phi) is 4.66. The molecule has 0 aromatic rings. The van der Waals surface area contributed by atoms with Crippen LogP contribution in [0.5, 0.6) is 0 Å². The highest BCUT2D eigenvalue weighted by Gasteiger charge is 2.05. The predicted octanol–water partition coefficient (Wildman–Crippen LogP) is 3.39. The van der Waals surface area contributed by atoms with E-state index in [-0.39, 0.29) is 0 Å². The summed E-state index contributed by atoms with van der Waals surface area (Å²) < 4.78 is 0. The predicted molar refractivity (Wildman–Crippen MR) is 58.6 cm³/mol. The van der Waals surface area contributed by atoms with E-state index >= 15 is 0 Å². The van der Waals surface area contributed by atoms with Gasteiger partial charge in [0.05, 0.1) is 0 Å². The van der Waals surface area contributed by atoms with Crippen molar-refractivity contribution in [2.24, 2.45) is 0 Å². The molecule has 0 aliphatic heterocycles. The van der Waals surface area contributed by atoms with Gasteiger partial charge in [0.2, 0.25) is 0 Å². The van der Waals surface area contributed by atoms with Crippen molar-refractivity contribution in [2.75, 3.05) is 7.05 Å². The van der Waals surface area contributed by atoms with Crippen LogP contribution in [0.4, 0.5) is 0 Å². The van der Waals surface area contributed by atoms with Crippen LogP contribution in [0.1, 0.15) is 45.4 Å². The summed E-state index contributed by atoms with van der Waals surface area (Å²) in [5.41, 5.74) is 2.99. The zero-order valence-corrected chi connectivity index (χ0v) is 8.90. The van der Waals surface area contributed by atoms with Gasteiger partial charge in [-0.3, -0.25) is 0 Å². The van der Waals surface area contributed by atoms with Crippen LogP contribution in [-0.2, 0) is 0 Å². The third-order valence-electron chi connectivity index (χ3n) is 2.63. The number of rotatable bonds is 5. The average molecular weight is 179 g/mol. The Balaban J connectivity index is 2.43. The SMILES string of the molecule is CCCCCC1=C(NC)C=CCC1. The van der Waals surface area contributed by atoms with E-state index in [1.165, 1.54) is 44.2 Å². The van der Waals surface area contributed by atoms with Gasteiger partial charge in [-0.1, -0.05) is 25.8 Å². The van der Waals surface area contributed by atoms with Gasteiger partial charge in [0, 0.05) is 12.7 Å². The Morgan fingerprint density at radius 3 is 2.92 bits per heavy atom. The van der Waals surface area contributed by atoms with Gasteiger partial charge in [0.15, 0.2) is 0 Å². The smallest absolute Gasteiger partial charge is 0.0326 e. The maximum Gasteiger partial charge on any atom is 0.0326 e. The van der Waals surface area contributed by atoms with Gasteiger partial charge in [-0.2, -0.15) is 0 Å². The highest BCUT2D eigenvalue weighted by Crippen LogP contribution is 2.22. The van der Waals surface area contributed by atoms with Crippen LogP contribution < -0.4 is 5.32 Å². The lowest BCUT2D eigenvalue weighted by molar-refractivity contribution is 0.683. The van der Waals surface area contributed by atoms with E-state index in [0.29, 0.717) is 0 Å². The molecule has 1 aliphatic carbocycles. The molecule has 0 heterocycles. The van der Waals surface area contributed by atoms with Crippen molar-refractivity contribution in [2.45, 2.75) is 45.4 Å². The first kappa shape index (κ1) is 10.4. The Morgan fingerprint density at radius 2 is 2.23 bits per heavy atom. The second-order valence-corrected chi connectivity index (χ2v) is 3.67. The van der Waals surface area contributed by atoms with Crippen molar-refractivity contribution in [1.29, 1.82) is 0 Å². The second kappa shape index (κ2) is 5.85. The van der Waals surface area contributed by atoms with Gasteiger partial charge in [-0.15, -0.1) is 0 Å². The lowest BCUT2D eigenvalue weighted by Gasteiger charge is -2.15. The van der Waals surface area contributed by atoms with E-state index in [4.69, 9.17) is 0 Å². The monoisotopic (exact) mass is 179 g/mol. The van der Waals surface area contributed by atoms with Crippen molar-refractivity contribution in [3.63, 3.8) is 0 Å². The first-order valence-electron chi connectivity index (χ1n) is 5.44. The van der Waals surface area contributed by atoms with Gasteiger partial charge >= 0.3 is 0 Å². The summed E-state index contributed by atoms with van der Waals surface area (Å²) in [6.45, 7) is 2.26. The summed E-state index contributed by atoms with van der Waals surface area (Å²) in [4.78, 5) is 0. The Labute approximate surface area is 81.9 Å². The minimum absolute atomic E-state index is 1.23. The lowest BCUT2D eigenvalue weighted by atomic mass is 9.97. The molecule has 1 nitrogen and oxygen atoms in total. The number of nitrogens with one attached hydrogen (secondary N) is 1. The second-order valence-electron chi connectivity index (χ2n) is 3.67. The van der Waals surface area contributed by atoms with Crippen molar-refractivity contribution >= 4 is 0 Å². The molecule has 1 N–H and O–H groups in total. The van der Waals surface area contributed by atoms with Crippen molar-refractivity contribution in [3.8, 4) is 0 Å². The van der Waals surface area contributed by atoms with E-state index in [1.807, 2.05) is 7.05 Å². The van der Waals surface area contributed by atoms with Crippen molar-refractivity contribution in [1.82, 2.24) is 5.32 Å². The fraction of sp³-hybridized carbons (Fsp3) is 0.667. The molecule has 0 bridgehead atoms. The molecule has 13 heavy (non-hydrogen) atoms. The maximum absolute atomic E-state index is 3.27. The first-order chi connectivity index (χ1) is 6.38. The molecule has 0 aromatic carbocycles. The molecule has 0 unspecified atom stereocenters. The summed E-state index contributed by atoms with van der Waals surface area (Å²) in [7, 11) is 2.02. The zero-order valence-electron chi connectivity index (χ0n) is 8.90. The Morgan fingerprint density at radius 1 is 1.38 bits per heavy atom. The molecule has 0 saturated carbocycles. The summed E-state index contributed by atoms with van der Waals surface area (Å²) in [6.07, 6.45) is 12.3. The molecule has 0 fully saturated rings. The summed E-state index contributed by atoms with van der Waals surface area (Å²) >= 11 is 0.